The third kappa shape index (κ3) is 14.2. The van der Waals surface area contributed by atoms with Crippen molar-refractivity contribution in [2.24, 2.45) is 0 Å². The van der Waals surface area contributed by atoms with Crippen LogP contribution in [-0.2, 0) is 60.4 Å². The number of carbonyl (C=O) groups is 4. The van der Waals surface area contributed by atoms with E-state index in [1.165, 1.54) is 31.2 Å². The maximum absolute atomic E-state index is 12.6. The molecule has 4 amide bonds. The largest absolute Gasteiger partial charge is 0.355 e. The zero-order valence-corrected chi connectivity index (χ0v) is 42.1. The second-order valence-corrected chi connectivity index (χ2v) is 23.2. The Morgan fingerprint density at radius 1 is 0.768 bits per heavy atom. The minimum absolute atomic E-state index is 0.0439. The third-order valence-electron chi connectivity index (χ3n) is 12.8. The summed E-state index contributed by atoms with van der Waals surface area (Å²) in [5.41, 5.74) is 4.95. The van der Waals surface area contributed by atoms with Crippen LogP contribution >= 0.6 is 0 Å². The molecule has 3 heterocycles. The van der Waals surface area contributed by atoms with Crippen LogP contribution in [-0.4, -0.2) is 121 Å². The van der Waals surface area contributed by atoms with Crippen LogP contribution in [0.3, 0.4) is 0 Å². The van der Waals surface area contributed by atoms with E-state index >= 15 is 0 Å². The van der Waals surface area contributed by atoms with Gasteiger partial charge >= 0.3 is 0 Å². The van der Waals surface area contributed by atoms with Crippen molar-refractivity contribution in [3.8, 4) is 0 Å². The van der Waals surface area contributed by atoms with Crippen LogP contribution in [0, 0.1) is 6.92 Å². The summed E-state index contributed by atoms with van der Waals surface area (Å²) in [5.74, 6) is -1.92. The number of anilines is 1. The lowest BCUT2D eigenvalue weighted by Gasteiger charge is -2.30. The predicted molar refractivity (Wildman–Crippen MR) is 262 cm³/mol. The lowest BCUT2D eigenvalue weighted by Crippen LogP contribution is -2.38. The van der Waals surface area contributed by atoms with E-state index < -0.39 is 64.0 Å². The molecule has 18 nitrogen and oxygen atoms in total. The van der Waals surface area contributed by atoms with E-state index in [1.54, 1.807) is 6.07 Å². The molecule has 5 rings (SSSR count). The van der Waals surface area contributed by atoms with E-state index in [9.17, 15) is 58.1 Å². The zero-order valence-electron chi connectivity index (χ0n) is 39.7. The molecule has 5 N–H and O–H groups in total. The smallest absolute Gasteiger partial charge is 0.294 e. The van der Waals surface area contributed by atoms with Gasteiger partial charge in [-0.25, -0.2) is 0 Å². The molecule has 0 saturated carbocycles. The quantitative estimate of drug-likeness (QED) is 0.0281. The minimum atomic E-state index is -4.61. The molecule has 0 spiro atoms. The van der Waals surface area contributed by atoms with Gasteiger partial charge in [0.15, 0.2) is 5.71 Å². The Labute approximate surface area is 405 Å². The van der Waals surface area contributed by atoms with E-state index in [0.717, 1.165) is 33.1 Å². The van der Waals surface area contributed by atoms with Gasteiger partial charge in [-0.3, -0.25) is 37.7 Å². The third-order valence-corrected chi connectivity index (χ3v) is 15.7. The van der Waals surface area contributed by atoms with Gasteiger partial charge in [0.2, 0.25) is 17.5 Å². The van der Waals surface area contributed by atoms with Gasteiger partial charge in [-0.1, -0.05) is 42.7 Å². The van der Waals surface area contributed by atoms with Crippen molar-refractivity contribution in [2.45, 2.75) is 113 Å². The van der Waals surface area contributed by atoms with E-state index in [2.05, 4.69) is 41.2 Å². The number of allylic oxidation sites excluding steroid dienone is 6. The molecule has 0 radical (unpaired) electrons. The SMILES string of the molecule is Cc1ccc2c(c1)C(C)(C)C(C=CC=CC=C1N(CCCS(=O)(=O)O)c3ccc(S(=O)(=O)O)cc3C1(C)CCCCCC(=O)NCCN1C(=O)C=CC1=O)=[N+]2CCCCC(=O)NCC(C)S(=O)(=O)O. The average molecular weight is 1020 g/mol. The fourth-order valence-corrected chi connectivity index (χ4v) is 10.3. The van der Waals surface area contributed by atoms with Crippen LogP contribution in [0.5, 0.6) is 0 Å². The lowest BCUT2D eigenvalue weighted by molar-refractivity contribution is -0.438. The molecule has 2 atom stereocenters. The van der Waals surface area contributed by atoms with Crippen molar-refractivity contribution in [1.82, 2.24) is 15.5 Å². The molecule has 0 aromatic heterocycles. The molecule has 2 aromatic carbocycles. The number of aryl methyl sites for hydroxylation is 1. The molecule has 2 aromatic rings. The fraction of sp³-hybridized carbons (Fsp3) is 0.479. The number of rotatable bonds is 25. The Kier molecular flexibility index (Phi) is 17.9. The summed E-state index contributed by atoms with van der Waals surface area (Å²) in [6.45, 7) is 10.3. The summed E-state index contributed by atoms with van der Waals surface area (Å²) in [6, 6.07) is 10.6. The van der Waals surface area contributed by atoms with Gasteiger partial charge in [-0.05, 0) is 96.2 Å². The Morgan fingerprint density at radius 2 is 1.43 bits per heavy atom. The first-order valence-corrected chi connectivity index (χ1v) is 27.5. The number of carbonyl (C=O) groups excluding carboxylic acids is 4. The van der Waals surface area contributed by atoms with Gasteiger partial charge < -0.3 is 15.5 Å². The monoisotopic (exact) mass is 1010 g/mol. The molecule has 2 unspecified atom stereocenters. The number of unbranched alkanes of at least 4 members (excludes halogenated alkanes) is 3. The second kappa shape index (κ2) is 22.6. The summed E-state index contributed by atoms with van der Waals surface area (Å²) in [6.07, 6.45) is 15.6. The predicted octanol–water partition coefficient (Wildman–Crippen LogP) is 5.22. The first kappa shape index (κ1) is 54.6. The first-order chi connectivity index (χ1) is 32.2. The lowest BCUT2D eigenvalue weighted by atomic mass is 9.77. The molecule has 3 aliphatic heterocycles. The number of nitrogens with zero attached hydrogens (tertiary/aromatic N) is 3. The van der Waals surface area contributed by atoms with E-state index in [1.807, 2.05) is 55.2 Å². The van der Waals surface area contributed by atoms with Crippen molar-refractivity contribution in [3.63, 3.8) is 0 Å². The molecule has 21 heteroatoms. The molecule has 0 saturated heterocycles. The highest BCUT2D eigenvalue weighted by atomic mass is 32.2. The molecular formula is C48H64N5O13S3+. The summed E-state index contributed by atoms with van der Waals surface area (Å²) < 4.78 is 102. The topological polar surface area (TPSA) is 265 Å². The summed E-state index contributed by atoms with van der Waals surface area (Å²) >= 11 is 0. The Hall–Kier alpha value is -5.32. The highest BCUT2D eigenvalue weighted by Crippen LogP contribution is 2.51. The molecule has 0 bridgehead atoms. The molecule has 0 fully saturated rings. The number of imide groups is 1. The Bertz CT molecular complexity index is 2800. The van der Waals surface area contributed by atoms with E-state index in [-0.39, 0.29) is 62.2 Å². The van der Waals surface area contributed by atoms with Gasteiger partial charge in [0.05, 0.1) is 16.1 Å². The second-order valence-electron chi connectivity index (χ2n) is 18.4. The highest BCUT2D eigenvalue weighted by molar-refractivity contribution is 7.86. The van der Waals surface area contributed by atoms with Crippen LogP contribution in [0.2, 0.25) is 0 Å². The number of nitrogens with one attached hydrogen (secondary N) is 2. The van der Waals surface area contributed by atoms with Crippen molar-refractivity contribution < 1.29 is 62.7 Å². The van der Waals surface area contributed by atoms with Gasteiger partial charge in [0.1, 0.15) is 11.8 Å². The van der Waals surface area contributed by atoms with Crippen LogP contribution in [0.1, 0.15) is 102 Å². The van der Waals surface area contributed by atoms with Gasteiger partial charge in [-0.15, -0.1) is 0 Å². The van der Waals surface area contributed by atoms with Crippen LogP contribution in [0.15, 0.2) is 89.5 Å². The summed E-state index contributed by atoms with van der Waals surface area (Å²) in [7, 11) is -13.2. The zero-order chi connectivity index (χ0) is 51.0. The van der Waals surface area contributed by atoms with Crippen LogP contribution < -0.4 is 15.5 Å². The maximum Gasteiger partial charge on any atom is 0.294 e. The van der Waals surface area contributed by atoms with Gasteiger partial charge in [0.25, 0.3) is 42.2 Å². The molecular weight excluding hydrogens is 951 g/mol. The highest BCUT2D eigenvalue weighted by Gasteiger charge is 2.45. The summed E-state index contributed by atoms with van der Waals surface area (Å²) in [4.78, 5) is 51.4. The normalized spacial score (nSPS) is 19.1. The first-order valence-electron chi connectivity index (χ1n) is 22.9. The number of amides is 4. The summed E-state index contributed by atoms with van der Waals surface area (Å²) in [5, 5.41) is 4.18. The standard InChI is InChI=1S/C48H63N5O13S3/c1-34-19-21-39-37(31-34)47(3,4)41(51(39)27-13-11-18-44(55)50-33-35(2)68(61,62)63)15-8-6-9-16-42-48(5,25-12-7-10-17-43(54)49-26-29-53-45(56)23-24-46(53)57)38-32-36(69(64,65)66)20-22-40(38)52(42)28-14-30-67(58,59)60/h6,8-9,15-16,19-24,31-32,35H,7,10-14,17-18,25-30,33H2,1-5H3,(H4-,49,50,54,55,58,59,60,61,62,63,64,65,66)/p+1. The Balaban J connectivity index is 1.37. The van der Waals surface area contributed by atoms with E-state index in [0.29, 0.717) is 56.3 Å². The molecule has 69 heavy (non-hydrogen) atoms. The minimum Gasteiger partial charge on any atom is -0.355 e. The van der Waals surface area contributed by atoms with Gasteiger partial charge in [0, 0.05) is 92.1 Å². The average Bonchev–Trinajstić information content (AvgIpc) is 3.78. The number of hydrogen-bond acceptors (Lipinski definition) is 11. The van der Waals surface area contributed by atoms with Crippen LogP contribution in [0.25, 0.3) is 0 Å². The van der Waals surface area contributed by atoms with Crippen molar-refractivity contribution in [3.05, 3.63) is 101 Å². The molecule has 0 aliphatic carbocycles. The molecule has 376 valence electrons. The van der Waals surface area contributed by atoms with Crippen molar-refractivity contribution in [2.75, 3.05) is 43.4 Å². The van der Waals surface area contributed by atoms with E-state index in [4.69, 9.17) is 0 Å². The van der Waals surface area contributed by atoms with Crippen LogP contribution in [0.4, 0.5) is 11.4 Å². The Morgan fingerprint density at radius 3 is 2.09 bits per heavy atom. The maximum atomic E-state index is 12.6. The molecule has 3 aliphatic rings. The number of hydrogen-bond donors (Lipinski definition) is 5. The van der Waals surface area contributed by atoms with Gasteiger partial charge in [-0.2, -0.15) is 29.8 Å². The van der Waals surface area contributed by atoms with Crippen molar-refractivity contribution >= 4 is 71.1 Å². The number of benzene rings is 2. The number of fused-ring (bicyclic) bond motifs is 2. The fourth-order valence-electron chi connectivity index (χ4n) is 8.98. The van der Waals surface area contributed by atoms with Crippen molar-refractivity contribution in [1.29, 1.82) is 0 Å².